The van der Waals surface area contributed by atoms with Crippen molar-refractivity contribution in [1.29, 1.82) is 0 Å². The molecule has 0 spiro atoms. The number of ether oxygens (including phenoxy) is 1. The Morgan fingerprint density at radius 2 is 2.33 bits per heavy atom. The Morgan fingerprint density at radius 3 is 2.89 bits per heavy atom. The lowest BCUT2D eigenvalue weighted by atomic mass is 10.1. The second-order valence-corrected chi connectivity index (χ2v) is 4.67. The van der Waals surface area contributed by atoms with Gasteiger partial charge in [-0.15, -0.1) is 0 Å². The average molecular weight is 249 g/mol. The fourth-order valence-electron chi connectivity index (χ4n) is 2.26. The molecule has 1 aromatic rings. The topological polar surface area (TPSA) is 39.1 Å². The third kappa shape index (κ3) is 2.75. The minimum atomic E-state index is 0.144. The molecule has 1 aliphatic rings. The number of hydrogen-bond donors (Lipinski definition) is 1. The summed E-state index contributed by atoms with van der Waals surface area (Å²) in [6.45, 7) is 6.09. The molecule has 2 rings (SSSR count). The average Bonchev–Trinajstić information content (AvgIpc) is 3.00. The van der Waals surface area contributed by atoms with E-state index in [1.807, 2.05) is 11.7 Å². The number of hydrogen-bond acceptors (Lipinski definition) is 3. The van der Waals surface area contributed by atoms with E-state index in [1.165, 1.54) is 5.69 Å². The first-order valence-corrected chi connectivity index (χ1v) is 6.85. The summed E-state index contributed by atoms with van der Waals surface area (Å²) < 4.78 is 7.69. The van der Waals surface area contributed by atoms with E-state index in [-0.39, 0.29) is 6.04 Å². The molecule has 0 bridgehead atoms. The van der Waals surface area contributed by atoms with Crippen LogP contribution in [-0.4, -0.2) is 22.9 Å². The minimum absolute atomic E-state index is 0.144. The van der Waals surface area contributed by atoms with Gasteiger partial charge in [-0.2, -0.15) is 5.10 Å². The maximum absolute atomic E-state index is 5.72. The molecular weight excluding hydrogens is 226 g/mol. The summed E-state index contributed by atoms with van der Waals surface area (Å²) in [7, 11) is 2.00. The van der Waals surface area contributed by atoms with Crippen molar-refractivity contribution in [2.75, 3.05) is 13.2 Å². The van der Waals surface area contributed by atoms with Crippen molar-refractivity contribution in [1.82, 2.24) is 15.1 Å². The van der Waals surface area contributed by atoms with Gasteiger partial charge < -0.3 is 10.1 Å². The van der Waals surface area contributed by atoms with Crippen LogP contribution in [0.3, 0.4) is 0 Å². The van der Waals surface area contributed by atoms with Gasteiger partial charge in [0.25, 0.3) is 0 Å². The van der Waals surface area contributed by atoms with Crippen LogP contribution in [0.1, 0.15) is 44.1 Å². The predicted octanol–water partition coefficient (Wildman–Crippen LogP) is 2.33. The van der Waals surface area contributed by atoms with Gasteiger partial charge in [-0.3, -0.25) is 4.68 Å². The summed E-state index contributed by atoms with van der Waals surface area (Å²) in [6.07, 6.45) is 5.28. The summed E-state index contributed by atoms with van der Waals surface area (Å²) >= 11 is 0. The first-order valence-electron chi connectivity index (χ1n) is 6.85. The SMILES string of the molecule is CCCNC(C1=CCCO1)c1cc(CC)nn1C. The lowest BCUT2D eigenvalue weighted by Gasteiger charge is -2.19. The molecular formula is C14H23N3O. The van der Waals surface area contributed by atoms with Gasteiger partial charge in [-0.1, -0.05) is 13.8 Å². The van der Waals surface area contributed by atoms with Gasteiger partial charge >= 0.3 is 0 Å². The van der Waals surface area contributed by atoms with E-state index in [0.29, 0.717) is 0 Å². The van der Waals surface area contributed by atoms with Gasteiger partial charge in [0.2, 0.25) is 0 Å². The molecule has 0 aliphatic carbocycles. The fraction of sp³-hybridized carbons (Fsp3) is 0.643. The van der Waals surface area contributed by atoms with E-state index < -0.39 is 0 Å². The maximum Gasteiger partial charge on any atom is 0.115 e. The van der Waals surface area contributed by atoms with Crippen LogP contribution in [0.4, 0.5) is 0 Å². The molecule has 18 heavy (non-hydrogen) atoms. The second kappa shape index (κ2) is 6.05. The lowest BCUT2D eigenvalue weighted by Crippen LogP contribution is -2.26. The third-order valence-electron chi connectivity index (χ3n) is 3.24. The third-order valence-corrected chi connectivity index (χ3v) is 3.24. The monoisotopic (exact) mass is 249 g/mol. The molecule has 4 heteroatoms. The second-order valence-electron chi connectivity index (χ2n) is 4.67. The molecule has 1 atom stereocenters. The molecule has 0 radical (unpaired) electrons. The summed E-state index contributed by atoms with van der Waals surface area (Å²) in [4.78, 5) is 0. The first kappa shape index (κ1) is 13.1. The summed E-state index contributed by atoms with van der Waals surface area (Å²) in [5.41, 5.74) is 2.32. The highest BCUT2D eigenvalue weighted by molar-refractivity contribution is 5.23. The zero-order chi connectivity index (χ0) is 13.0. The molecule has 2 heterocycles. The Morgan fingerprint density at radius 1 is 1.50 bits per heavy atom. The molecule has 1 unspecified atom stereocenters. The van der Waals surface area contributed by atoms with E-state index in [0.717, 1.165) is 43.9 Å². The van der Waals surface area contributed by atoms with Crippen molar-refractivity contribution in [3.05, 3.63) is 29.3 Å². The standard InChI is InChI=1S/C14H23N3O/c1-4-8-15-14(13-7-6-9-18-13)12-10-11(5-2)16-17(12)3/h7,10,14-15H,4-6,8-9H2,1-3H3. The van der Waals surface area contributed by atoms with Gasteiger partial charge in [0.05, 0.1) is 18.0 Å². The normalized spacial score (nSPS) is 16.5. The highest BCUT2D eigenvalue weighted by Gasteiger charge is 2.23. The van der Waals surface area contributed by atoms with E-state index >= 15 is 0 Å². The Labute approximate surface area is 109 Å². The van der Waals surface area contributed by atoms with Crippen molar-refractivity contribution in [2.45, 2.75) is 39.2 Å². The van der Waals surface area contributed by atoms with Gasteiger partial charge in [0.1, 0.15) is 11.8 Å². The maximum atomic E-state index is 5.72. The van der Waals surface area contributed by atoms with E-state index in [9.17, 15) is 0 Å². The molecule has 0 fully saturated rings. The van der Waals surface area contributed by atoms with Crippen molar-refractivity contribution >= 4 is 0 Å². The zero-order valence-electron chi connectivity index (χ0n) is 11.6. The van der Waals surface area contributed by atoms with Crippen LogP contribution >= 0.6 is 0 Å². The molecule has 1 aliphatic heterocycles. The Hall–Kier alpha value is -1.29. The summed E-state index contributed by atoms with van der Waals surface area (Å²) in [6, 6.07) is 2.32. The molecule has 0 saturated carbocycles. The molecule has 0 saturated heterocycles. The van der Waals surface area contributed by atoms with Crippen molar-refractivity contribution in [3.63, 3.8) is 0 Å². The van der Waals surface area contributed by atoms with E-state index in [4.69, 9.17) is 4.74 Å². The van der Waals surface area contributed by atoms with Crippen molar-refractivity contribution in [2.24, 2.45) is 7.05 Å². The van der Waals surface area contributed by atoms with Crippen LogP contribution in [0.25, 0.3) is 0 Å². The van der Waals surface area contributed by atoms with Gasteiger partial charge in [0, 0.05) is 13.5 Å². The molecule has 4 nitrogen and oxygen atoms in total. The number of nitrogens with one attached hydrogen (secondary N) is 1. The Kier molecular flexibility index (Phi) is 4.42. The molecule has 100 valence electrons. The Bertz CT molecular complexity index is 423. The quantitative estimate of drug-likeness (QED) is 0.841. The van der Waals surface area contributed by atoms with Gasteiger partial charge in [-0.05, 0) is 31.5 Å². The lowest BCUT2D eigenvalue weighted by molar-refractivity contribution is 0.213. The van der Waals surface area contributed by atoms with Crippen molar-refractivity contribution < 1.29 is 4.74 Å². The van der Waals surface area contributed by atoms with Gasteiger partial charge in [-0.25, -0.2) is 0 Å². The highest BCUT2D eigenvalue weighted by Crippen LogP contribution is 2.26. The van der Waals surface area contributed by atoms with Crippen LogP contribution in [0, 0.1) is 0 Å². The van der Waals surface area contributed by atoms with Crippen LogP contribution in [0.5, 0.6) is 0 Å². The fourth-order valence-corrected chi connectivity index (χ4v) is 2.26. The Balaban J connectivity index is 2.23. The summed E-state index contributed by atoms with van der Waals surface area (Å²) in [5, 5.41) is 8.08. The van der Waals surface area contributed by atoms with E-state index in [2.05, 4.69) is 36.4 Å². The first-order chi connectivity index (χ1) is 8.76. The molecule has 0 amide bonds. The van der Waals surface area contributed by atoms with E-state index in [1.54, 1.807) is 0 Å². The number of aryl methyl sites for hydroxylation is 2. The van der Waals surface area contributed by atoms with Gasteiger partial charge in [0.15, 0.2) is 0 Å². The number of aromatic nitrogens is 2. The highest BCUT2D eigenvalue weighted by atomic mass is 16.5. The van der Waals surface area contributed by atoms with Crippen LogP contribution in [-0.2, 0) is 18.2 Å². The number of rotatable bonds is 6. The summed E-state index contributed by atoms with van der Waals surface area (Å²) in [5.74, 6) is 1.05. The largest absolute Gasteiger partial charge is 0.496 e. The van der Waals surface area contributed by atoms with Crippen molar-refractivity contribution in [3.8, 4) is 0 Å². The minimum Gasteiger partial charge on any atom is -0.496 e. The smallest absolute Gasteiger partial charge is 0.115 e. The number of nitrogens with zero attached hydrogens (tertiary/aromatic N) is 2. The van der Waals surface area contributed by atoms with Crippen LogP contribution in [0.2, 0.25) is 0 Å². The molecule has 1 N–H and O–H groups in total. The zero-order valence-corrected chi connectivity index (χ0v) is 11.6. The predicted molar refractivity (Wildman–Crippen MR) is 72.3 cm³/mol. The molecule has 0 aromatic carbocycles. The van der Waals surface area contributed by atoms with Crippen LogP contribution < -0.4 is 5.32 Å². The molecule has 1 aromatic heterocycles. The van der Waals surface area contributed by atoms with Crippen LogP contribution in [0.15, 0.2) is 17.9 Å².